The summed E-state index contributed by atoms with van der Waals surface area (Å²) >= 11 is 0. The zero-order valence-electron chi connectivity index (χ0n) is 15.6. The molecule has 1 atom stereocenters. The smallest absolute Gasteiger partial charge is 0.240 e. The van der Waals surface area contributed by atoms with E-state index in [0.29, 0.717) is 19.7 Å². The molecule has 1 amide bonds. The van der Waals surface area contributed by atoms with E-state index in [9.17, 15) is 4.79 Å². The van der Waals surface area contributed by atoms with Crippen molar-refractivity contribution in [2.24, 2.45) is 0 Å². The Morgan fingerprint density at radius 1 is 1.23 bits per heavy atom. The molecular formula is C21H27N3O2. The fourth-order valence-corrected chi connectivity index (χ4v) is 3.45. The molecule has 0 saturated heterocycles. The van der Waals surface area contributed by atoms with Gasteiger partial charge < -0.3 is 9.64 Å². The highest BCUT2D eigenvalue weighted by molar-refractivity contribution is 5.81. The van der Waals surface area contributed by atoms with Crippen molar-refractivity contribution < 1.29 is 9.53 Å². The molecule has 1 aromatic carbocycles. The third-order valence-electron chi connectivity index (χ3n) is 5.07. The van der Waals surface area contributed by atoms with Crippen LogP contribution in [0.3, 0.4) is 0 Å². The van der Waals surface area contributed by atoms with Crippen LogP contribution in [0.25, 0.3) is 0 Å². The molecule has 2 aromatic rings. The average molecular weight is 353 g/mol. The van der Waals surface area contributed by atoms with E-state index in [2.05, 4.69) is 34.1 Å². The summed E-state index contributed by atoms with van der Waals surface area (Å²) < 4.78 is 5.21. The first-order valence-corrected chi connectivity index (χ1v) is 9.16. The molecule has 5 nitrogen and oxygen atoms in total. The molecule has 3 rings (SSSR count). The number of hydrogen-bond donors (Lipinski definition) is 0. The van der Waals surface area contributed by atoms with E-state index in [0.717, 1.165) is 25.1 Å². The summed E-state index contributed by atoms with van der Waals surface area (Å²) in [5.41, 5.74) is 3.81. The second kappa shape index (κ2) is 8.92. The van der Waals surface area contributed by atoms with Crippen molar-refractivity contribution in [3.63, 3.8) is 0 Å². The third kappa shape index (κ3) is 4.48. The second-order valence-electron chi connectivity index (χ2n) is 6.77. The molecule has 0 saturated carbocycles. The molecule has 1 aromatic heterocycles. The Balaban J connectivity index is 1.69. The molecule has 0 spiro atoms. The lowest BCUT2D eigenvalue weighted by atomic mass is 9.98. The Morgan fingerprint density at radius 3 is 2.69 bits per heavy atom. The topological polar surface area (TPSA) is 45.7 Å². The average Bonchev–Trinajstić information content (AvgIpc) is 2.70. The van der Waals surface area contributed by atoms with Gasteiger partial charge in [0.05, 0.1) is 12.6 Å². The summed E-state index contributed by atoms with van der Waals surface area (Å²) in [6.45, 7) is 5.47. The lowest BCUT2D eigenvalue weighted by Crippen LogP contribution is -2.49. The Morgan fingerprint density at radius 2 is 1.96 bits per heavy atom. The van der Waals surface area contributed by atoms with Crippen LogP contribution in [0, 0.1) is 0 Å². The van der Waals surface area contributed by atoms with E-state index in [1.165, 1.54) is 11.1 Å². The number of amides is 1. The molecule has 1 aliphatic rings. The number of carbonyl (C=O) groups is 1. The van der Waals surface area contributed by atoms with Crippen molar-refractivity contribution in [2.75, 3.05) is 26.8 Å². The molecule has 0 aliphatic carbocycles. The first kappa shape index (κ1) is 18.5. The summed E-state index contributed by atoms with van der Waals surface area (Å²) in [4.78, 5) is 21.4. The van der Waals surface area contributed by atoms with Gasteiger partial charge in [-0.1, -0.05) is 24.3 Å². The molecule has 2 heterocycles. The highest BCUT2D eigenvalue weighted by atomic mass is 16.5. The molecule has 138 valence electrons. The minimum atomic E-state index is -0.151. The quantitative estimate of drug-likeness (QED) is 0.767. The summed E-state index contributed by atoms with van der Waals surface area (Å²) in [5.74, 6) is 0.151. The van der Waals surface area contributed by atoms with E-state index in [-0.39, 0.29) is 11.9 Å². The fourth-order valence-electron chi connectivity index (χ4n) is 3.45. The molecule has 0 N–H and O–H groups in total. The van der Waals surface area contributed by atoms with Gasteiger partial charge in [0.1, 0.15) is 0 Å². The van der Waals surface area contributed by atoms with Gasteiger partial charge in [-0.15, -0.1) is 0 Å². The summed E-state index contributed by atoms with van der Waals surface area (Å²) in [6, 6.07) is 12.3. The zero-order chi connectivity index (χ0) is 18.4. The van der Waals surface area contributed by atoms with E-state index in [1.54, 1.807) is 19.5 Å². The first-order chi connectivity index (χ1) is 12.7. The number of aromatic nitrogens is 1. The molecule has 1 aliphatic heterocycles. The van der Waals surface area contributed by atoms with Gasteiger partial charge in [0, 0.05) is 45.7 Å². The molecular weight excluding hydrogens is 326 g/mol. The van der Waals surface area contributed by atoms with Crippen molar-refractivity contribution in [3.8, 4) is 0 Å². The van der Waals surface area contributed by atoms with E-state index in [4.69, 9.17) is 4.74 Å². The Kier molecular flexibility index (Phi) is 6.36. The van der Waals surface area contributed by atoms with E-state index < -0.39 is 0 Å². The van der Waals surface area contributed by atoms with Crippen molar-refractivity contribution >= 4 is 5.91 Å². The molecule has 0 radical (unpaired) electrons. The molecule has 5 heteroatoms. The highest BCUT2D eigenvalue weighted by Crippen LogP contribution is 2.21. The van der Waals surface area contributed by atoms with Gasteiger partial charge in [0.25, 0.3) is 0 Å². The number of carbonyl (C=O) groups excluding carboxylic acids is 1. The number of benzene rings is 1. The Bertz CT molecular complexity index is 720. The Labute approximate surface area is 155 Å². The van der Waals surface area contributed by atoms with Gasteiger partial charge in [-0.25, -0.2) is 0 Å². The molecule has 0 bridgehead atoms. The monoisotopic (exact) mass is 353 g/mol. The highest BCUT2D eigenvalue weighted by Gasteiger charge is 2.28. The lowest BCUT2D eigenvalue weighted by Gasteiger charge is -2.35. The lowest BCUT2D eigenvalue weighted by molar-refractivity contribution is -0.138. The Hall–Kier alpha value is -2.24. The van der Waals surface area contributed by atoms with Crippen molar-refractivity contribution in [1.82, 2.24) is 14.8 Å². The van der Waals surface area contributed by atoms with Crippen LogP contribution in [0.5, 0.6) is 0 Å². The number of nitrogens with zero attached hydrogens (tertiary/aromatic N) is 3. The maximum Gasteiger partial charge on any atom is 0.240 e. The third-order valence-corrected chi connectivity index (χ3v) is 5.07. The van der Waals surface area contributed by atoms with Gasteiger partial charge in [0.2, 0.25) is 5.91 Å². The van der Waals surface area contributed by atoms with Crippen molar-refractivity contribution in [1.29, 1.82) is 0 Å². The first-order valence-electron chi connectivity index (χ1n) is 9.16. The normalized spacial score (nSPS) is 15.3. The van der Waals surface area contributed by atoms with Crippen LogP contribution in [-0.2, 0) is 29.0 Å². The van der Waals surface area contributed by atoms with Crippen LogP contribution in [0.4, 0.5) is 0 Å². The molecule has 0 fully saturated rings. The molecule has 26 heavy (non-hydrogen) atoms. The second-order valence-corrected chi connectivity index (χ2v) is 6.77. The maximum absolute atomic E-state index is 13.2. The predicted molar refractivity (Wildman–Crippen MR) is 102 cm³/mol. The van der Waals surface area contributed by atoms with Gasteiger partial charge >= 0.3 is 0 Å². The van der Waals surface area contributed by atoms with Crippen LogP contribution in [0.1, 0.15) is 23.6 Å². The number of hydrogen-bond acceptors (Lipinski definition) is 4. The van der Waals surface area contributed by atoms with Gasteiger partial charge in [-0.3, -0.25) is 14.7 Å². The van der Waals surface area contributed by atoms with Crippen LogP contribution in [-0.4, -0.2) is 53.5 Å². The van der Waals surface area contributed by atoms with Crippen LogP contribution in [0.15, 0.2) is 48.8 Å². The van der Waals surface area contributed by atoms with Crippen LogP contribution in [0.2, 0.25) is 0 Å². The minimum Gasteiger partial charge on any atom is -0.383 e. The van der Waals surface area contributed by atoms with Gasteiger partial charge in [0.15, 0.2) is 0 Å². The number of pyridine rings is 1. The SMILES string of the molecule is COCCN(Cc1ccncc1)C(=O)[C@H](C)N1CCc2ccccc2C1. The summed E-state index contributed by atoms with van der Waals surface area (Å²) in [7, 11) is 1.67. The van der Waals surface area contributed by atoms with Gasteiger partial charge in [-0.05, 0) is 42.2 Å². The number of rotatable bonds is 7. The van der Waals surface area contributed by atoms with Gasteiger partial charge in [-0.2, -0.15) is 0 Å². The predicted octanol–water partition coefficient (Wildman–Crippen LogP) is 2.50. The maximum atomic E-state index is 13.2. The largest absolute Gasteiger partial charge is 0.383 e. The van der Waals surface area contributed by atoms with E-state index in [1.807, 2.05) is 24.0 Å². The number of methoxy groups -OCH3 is 1. The fraction of sp³-hybridized carbons (Fsp3) is 0.429. The van der Waals surface area contributed by atoms with Crippen molar-refractivity contribution in [2.45, 2.75) is 32.5 Å². The summed E-state index contributed by atoms with van der Waals surface area (Å²) in [6.07, 6.45) is 4.52. The number of fused-ring (bicyclic) bond motifs is 1. The van der Waals surface area contributed by atoms with Crippen LogP contribution >= 0.6 is 0 Å². The number of ether oxygens (including phenoxy) is 1. The standard InChI is InChI=1S/C21H27N3O2/c1-17(23-12-9-19-5-3-4-6-20(19)16-23)21(25)24(13-14-26-2)15-18-7-10-22-11-8-18/h3-8,10-11,17H,9,12-16H2,1-2H3/t17-/m0/s1. The minimum absolute atomic E-state index is 0.151. The van der Waals surface area contributed by atoms with Crippen molar-refractivity contribution in [3.05, 3.63) is 65.5 Å². The summed E-state index contributed by atoms with van der Waals surface area (Å²) in [5, 5.41) is 0. The molecule has 0 unspecified atom stereocenters. The van der Waals surface area contributed by atoms with Crippen LogP contribution < -0.4 is 0 Å². The zero-order valence-corrected chi connectivity index (χ0v) is 15.6. The van der Waals surface area contributed by atoms with E-state index >= 15 is 0 Å².